The van der Waals surface area contributed by atoms with Crippen LogP contribution in [0.15, 0.2) is 24.4 Å². The Morgan fingerprint density at radius 1 is 1.29 bits per heavy atom. The second-order valence-electron chi connectivity index (χ2n) is 6.01. The highest BCUT2D eigenvalue weighted by Gasteiger charge is 2.19. The maximum Gasteiger partial charge on any atom is 0.0792 e. The van der Waals surface area contributed by atoms with Crippen LogP contribution < -0.4 is 5.32 Å². The maximum absolute atomic E-state index is 10.3. The zero-order chi connectivity index (χ0) is 15.5. The Balaban J connectivity index is 2.23. The smallest absolute Gasteiger partial charge is 0.0792 e. The highest BCUT2D eigenvalue weighted by atomic mass is 16.3. The second-order valence-corrected chi connectivity index (χ2v) is 6.01. The van der Waals surface area contributed by atoms with Crippen LogP contribution >= 0.6 is 0 Å². The number of benzene rings is 1. The summed E-state index contributed by atoms with van der Waals surface area (Å²) in [7, 11) is 0. The number of nitrogens with one attached hydrogen (secondary N) is 1. The second kappa shape index (κ2) is 6.41. The monoisotopic (exact) mass is 288 g/mol. The number of hydrogen-bond acceptors (Lipinski definition) is 4. The molecule has 2 rings (SSSR count). The van der Waals surface area contributed by atoms with Crippen LogP contribution in [0.2, 0.25) is 0 Å². The van der Waals surface area contributed by atoms with Crippen molar-refractivity contribution < 1.29 is 10.2 Å². The minimum absolute atomic E-state index is 0.104. The molecule has 1 atom stereocenters. The normalized spacial score (nSPS) is 14.1. The van der Waals surface area contributed by atoms with E-state index in [1.165, 1.54) is 5.56 Å². The van der Waals surface area contributed by atoms with Gasteiger partial charge in [0.05, 0.1) is 11.1 Å². The minimum atomic E-state index is -0.836. The quantitative estimate of drug-likeness (QED) is 0.764. The molecule has 21 heavy (non-hydrogen) atoms. The molecule has 1 aromatic heterocycles. The van der Waals surface area contributed by atoms with E-state index < -0.39 is 5.60 Å². The molecule has 3 N–H and O–H groups in total. The summed E-state index contributed by atoms with van der Waals surface area (Å²) in [5.41, 5.74) is 3.48. The molecular formula is C17H24N2O2. The van der Waals surface area contributed by atoms with Crippen molar-refractivity contribution in [1.82, 2.24) is 4.98 Å². The molecule has 1 aromatic carbocycles. The fourth-order valence-corrected chi connectivity index (χ4v) is 2.60. The van der Waals surface area contributed by atoms with Gasteiger partial charge in [0.2, 0.25) is 0 Å². The maximum atomic E-state index is 10.3. The third kappa shape index (κ3) is 3.93. The first-order valence-corrected chi connectivity index (χ1v) is 7.36. The standard InChI is InChI=1S/C17H24N2O2/c1-12-9-13(2)16-14(10-12)15(5-7-18-16)19-11-17(3,21)6-4-8-20/h5,7,9-10,20-21H,4,6,8,11H2,1-3H3,(H,18,19)/t17-/m0/s1. The van der Waals surface area contributed by atoms with Crippen molar-refractivity contribution >= 4 is 16.6 Å². The number of pyridine rings is 1. The van der Waals surface area contributed by atoms with Crippen LogP contribution in [0.5, 0.6) is 0 Å². The molecule has 0 unspecified atom stereocenters. The van der Waals surface area contributed by atoms with E-state index >= 15 is 0 Å². The molecule has 0 spiro atoms. The van der Waals surface area contributed by atoms with Gasteiger partial charge in [0.25, 0.3) is 0 Å². The van der Waals surface area contributed by atoms with Crippen molar-refractivity contribution in [2.24, 2.45) is 0 Å². The van der Waals surface area contributed by atoms with Gasteiger partial charge >= 0.3 is 0 Å². The number of aliphatic hydroxyl groups is 2. The molecule has 0 aliphatic rings. The predicted molar refractivity (Wildman–Crippen MR) is 86.7 cm³/mol. The van der Waals surface area contributed by atoms with Crippen molar-refractivity contribution in [2.45, 2.75) is 39.2 Å². The zero-order valence-electron chi connectivity index (χ0n) is 13.0. The third-order valence-electron chi connectivity index (χ3n) is 3.71. The van der Waals surface area contributed by atoms with E-state index in [1.54, 1.807) is 13.1 Å². The number of nitrogens with zero attached hydrogens (tertiary/aromatic N) is 1. The van der Waals surface area contributed by atoms with Gasteiger partial charge in [-0.15, -0.1) is 0 Å². The van der Waals surface area contributed by atoms with Crippen LogP contribution in [0, 0.1) is 13.8 Å². The lowest BCUT2D eigenvalue weighted by atomic mass is 10.00. The summed E-state index contributed by atoms with van der Waals surface area (Å²) in [6.07, 6.45) is 2.96. The number of hydrogen-bond donors (Lipinski definition) is 3. The van der Waals surface area contributed by atoms with E-state index in [9.17, 15) is 5.11 Å². The van der Waals surface area contributed by atoms with Gasteiger partial charge in [-0.2, -0.15) is 0 Å². The van der Waals surface area contributed by atoms with Gasteiger partial charge in [0.1, 0.15) is 0 Å². The van der Waals surface area contributed by atoms with E-state index in [4.69, 9.17) is 5.11 Å². The Hall–Kier alpha value is -1.65. The average Bonchev–Trinajstić information content (AvgIpc) is 2.43. The topological polar surface area (TPSA) is 65.4 Å². The predicted octanol–water partition coefficient (Wildman–Crippen LogP) is 2.79. The molecule has 4 nitrogen and oxygen atoms in total. The van der Waals surface area contributed by atoms with Crippen LogP contribution in [0.3, 0.4) is 0 Å². The number of fused-ring (bicyclic) bond motifs is 1. The lowest BCUT2D eigenvalue weighted by Gasteiger charge is -2.24. The van der Waals surface area contributed by atoms with E-state index in [-0.39, 0.29) is 6.61 Å². The number of aliphatic hydroxyl groups excluding tert-OH is 1. The molecule has 4 heteroatoms. The van der Waals surface area contributed by atoms with Gasteiger partial charge in [-0.25, -0.2) is 0 Å². The Morgan fingerprint density at radius 3 is 2.76 bits per heavy atom. The highest BCUT2D eigenvalue weighted by molar-refractivity contribution is 5.93. The summed E-state index contributed by atoms with van der Waals surface area (Å²) in [5.74, 6) is 0. The van der Waals surface area contributed by atoms with E-state index in [0.29, 0.717) is 19.4 Å². The fourth-order valence-electron chi connectivity index (χ4n) is 2.60. The Bertz CT molecular complexity index is 623. The van der Waals surface area contributed by atoms with Gasteiger partial charge < -0.3 is 15.5 Å². The first-order valence-electron chi connectivity index (χ1n) is 7.36. The van der Waals surface area contributed by atoms with Gasteiger partial charge in [-0.3, -0.25) is 4.98 Å². The molecule has 0 fully saturated rings. The van der Waals surface area contributed by atoms with E-state index in [1.807, 2.05) is 6.07 Å². The van der Waals surface area contributed by atoms with Crippen LogP contribution in [0.1, 0.15) is 30.9 Å². The molecule has 0 radical (unpaired) electrons. The third-order valence-corrected chi connectivity index (χ3v) is 3.71. The van der Waals surface area contributed by atoms with Gasteiger partial charge in [0, 0.05) is 30.4 Å². The molecule has 1 heterocycles. The summed E-state index contributed by atoms with van der Waals surface area (Å²) in [4.78, 5) is 4.44. The lowest BCUT2D eigenvalue weighted by Crippen LogP contribution is -2.33. The van der Waals surface area contributed by atoms with E-state index in [2.05, 4.69) is 36.3 Å². The molecule has 2 aromatic rings. The molecule has 0 bridgehead atoms. The summed E-state index contributed by atoms with van der Waals surface area (Å²) >= 11 is 0. The lowest BCUT2D eigenvalue weighted by molar-refractivity contribution is 0.0566. The van der Waals surface area contributed by atoms with Gasteiger partial charge in [0.15, 0.2) is 0 Å². The van der Waals surface area contributed by atoms with E-state index in [0.717, 1.165) is 22.2 Å². The molecule has 0 saturated heterocycles. The molecular weight excluding hydrogens is 264 g/mol. The van der Waals surface area contributed by atoms with Crippen molar-refractivity contribution in [3.05, 3.63) is 35.5 Å². The largest absolute Gasteiger partial charge is 0.396 e. The average molecular weight is 288 g/mol. The van der Waals surface area contributed by atoms with Crippen LogP contribution in [-0.4, -0.2) is 33.9 Å². The van der Waals surface area contributed by atoms with Crippen LogP contribution in [0.4, 0.5) is 5.69 Å². The highest BCUT2D eigenvalue weighted by Crippen LogP contribution is 2.26. The number of aryl methyl sites for hydroxylation is 2. The summed E-state index contributed by atoms with van der Waals surface area (Å²) in [6, 6.07) is 6.17. The minimum Gasteiger partial charge on any atom is -0.396 e. The first kappa shape index (κ1) is 15.7. The summed E-state index contributed by atoms with van der Waals surface area (Å²) in [6.45, 7) is 6.46. The number of anilines is 1. The van der Waals surface area contributed by atoms with Crippen molar-refractivity contribution in [3.8, 4) is 0 Å². The van der Waals surface area contributed by atoms with Gasteiger partial charge in [-0.1, -0.05) is 11.6 Å². The summed E-state index contributed by atoms with van der Waals surface area (Å²) in [5, 5.41) is 23.6. The molecule has 0 aliphatic carbocycles. The van der Waals surface area contributed by atoms with Gasteiger partial charge in [-0.05, 0) is 51.3 Å². The SMILES string of the molecule is Cc1cc(C)c2nccc(NC[C@@](C)(O)CCCO)c2c1. The van der Waals surface area contributed by atoms with Crippen molar-refractivity contribution in [3.63, 3.8) is 0 Å². The molecule has 0 aliphatic heterocycles. The molecule has 114 valence electrons. The Kier molecular flexibility index (Phi) is 4.80. The molecule has 0 amide bonds. The van der Waals surface area contributed by atoms with Crippen molar-refractivity contribution in [2.75, 3.05) is 18.5 Å². The fraction of sp³-hybridized carbons (Fsp3) is 0.471. The first-order chi connectivity index (χ1) is 9.93. The van der Waals surface area contributed by atoms with Crippen LogP contribution in [-0.2, 0) is 0 Å². The Labute approximate surface area is 125 Å². The van der Waals surface area contributed by atoms with Crippen molar-refractivity contribution in [1.29, 1.82) is 0 Å². The van der Waals surface area contributed by atoms with Crippen LogP contribution in [0.25, 0.3) is 10.9 Å². The number of aromatic nitrogens is 1. The molecule has 0 saturated carbocycles. The number of rotatable bonds is 6. The zero-order valence-corrected chi connectivity index (χ0v) is 13.0. The summed E-state index contributed by atoms with van der Waals surface area (Å²) < 4.78 is 0. The Morgan fingerprint density at radius 2 is 2.05 bits per heavy atom.